The summed E-state index contributed by atoms with van der Waals surface area (Å²) in [6.07, 6.45) is 0.536. The van der Waals surface area contributed by atoms with Crippen molar-refractivity contribution in [3.05, 3.63) is 29.8 Å². The molecule has 2 heterocycles. The number of hydrogen-bond acceptors (Lipinski definition) is 4. The van der Waals surface area contributed by atoms with Gasteiger partial charge < -0.3 is 0 Å². The third-order valence-electron chi connectivity index (χ3n) is 2.67. The number of aromatic nitrogens is 3. The first kappa shape index (κ1) is 10.5. The molecule has 1 aromatic carbocycles. The molecular weight excluding hydrogens is 234 g/mol. The number of nitrogens with zero attached hydrogens (tertiary/aromatic N) is 3. The number of rotatable bonds is 1. The first-order valence-electron chi connectivity index (χ1n) is 5.44. The molecule has 0 bridgehead atoms. The van der Waals surface area contributed by atoms with Gasteiger partial charge in [-0.1, -0.05) is 41.6 Å². The first-order chi connectivity index (χ1) is 8.24. The van der Waals surface area contributed by atoms with E-state index in [4.69, 9.17) is 0 Å². The summed E-state index contributed by atoms with van der Waals surface area (Å²) < 4.78 is 1.42. The van der Waals surface area contributed by atoms with Crippen LogP contribution in [0.1, 0.15) is 16.8 Å². The van der Waals surface area contributed by atoms with Crippen LogP contribution in [0.5, 0.6) is 0 Å². The minimum atomic E-state index is 0.0320. The van der Waals surface area contributed by atoms with E-state index in [0.29, 0.717) is 17.4 Å². The van der Waals surface area contributed by atoms with Gasteiger partial charge in [0.2, 0.25) is 5.91 Å². The average Bonchev–Trinajstić information content (AvgIpc) is 2.75. The highest BCUT2D eigenvalue weighted by Gasteiger charge is 2.21. The summed E-state index contributed by atoms with van der Waals surface area (Å²) in [5.41, 5.74) is 2.15. The quantitative estimate of drug-likeness (QED) is 0.774. The summed E-state index contributed by atoms with van der Waals surface area (Å²) in [5, 5.41) is 4.97. The molecule has 1 aliphatic rings. The lowest BCUT2D eigenvalue weighted by molar-refractivity contribution is 0.0878. The van der Waals surface area contributed by atoms with Crippen LogP contribution in [0.4, 0.5) is 0 Å². The van der Waals surface area contributed by atoms with Gasteiger partial charge in [-0.2, -0.15) is 4.68 Å². The summed E-state index contributed by atoms with van der Waals surface area (Å²) in [6.45, 7) is 2.04. The van der Waals surface area contributed by atoms with Gasteiger partial charge in [0.05, 0.1) is 0 Å². The predicted octanol–water partition coefficient (Wildman–Crippen LogP) is 2.39. The van der Waals surface area contributed by atoms with Gasteiger partial charge in [0.1, 0.15) is 0 Å². The fraction of sp³-hybridized carbons (Fsp3) is 0.250. The zero-order valence-corrected chi connectivity index (χ0v) is 10.2. The zero-order valence-electron chi connectivity index (χ0n) is 9.38. The van der Waals surface area contributed by atoms with E-state index in [-0.39, 0.29) is 5.91 Å². The van der Waals surface area contributed by atoms with Crippen molar-refractivity contribution >= 4 is 17.7 Å². The average molecular weight is 245 g/mol. The normalized spacial score (nSPS) is 14.8. The van der Waals surface area contributed by atoms with Gasteiger partial charge in [-0.15, -0.1) is 5.10 Å². The lowest BCUT2D eigenvalue weighted by Crippen LogP contribution is -2.18. The first-order valence-corrected chi connectivity index (χ1v) is 6.43. The molecule has 1 aliphatic heterocycles. The monoisotopic (exact) mass is 245 g/mol. The fourth-order valence-electron chi connectivity index (χ4n) is 1.71. The Bertz CT molecular complexity index is 574. The van der Waals surface area contributed by atoms with Crippen LogP contribution in [0, 0.1) is 6.92 Å². The van der Waals surface area contributed by atoms with Gasteiger partial charge in [-0.05, 0) is 6.92 Å². The Morgan fingerprint density at radius 1 is 1.29 bits per heavy atom. The summed E-state index contributed by atoms with van der Waals surface area (Å²) in [5.74, 6) is 1.46. The number of benzene rings is 1. The van der Waals surface area contributed by atoms with Crippen LogP contribution in [0.15, 0.2) is 29.4 Å². The number of carbonyl (C=O) groups is 1. The van der Waals surface area contributed by atoms with E-state index in [2.05, 4.69) is 10.1 Å². The van der Waals surface area contributed by atoms with Crippen molar-refractivity contribution in [2.24, 2.45) is 0 Å². The van der Waals surface area contributed by atoms with E-state index >= 15 is 0 Å². The Balaban J connectivity index is 2.05. The van der Waals surface area contributed by atoms with E-state index in [1.807, 2.05) is 31.2 Å². The maximum atomic E-state index is 11.6. The fourth-order valence-corrected chi connectivity index (χ4v) is 2.59. The van der Waals surface area contributed by atoms with E-state index in [1.54, 1.807) is 11.8 Å². The van der Waals surface area contributed by atoms with Crippen molar-refractivity contribution in [3.63, 3.8) is 0 Å². The maximum Gasteiger partial charge on any atom is 0.250 e. The van der Waals surface area contributed by atoms with Gasteiger partial charge >= 0.3 is 0 Å². The smallest absolute Gasteiger partial charge is 0.250 e. The molecule has 0 amide bonds. The third-order valence-corrected chi connectivity index (χ3v) is 3.60. The van der Waals surface area contributed by atoms with Crippen LogP contribution >= 0.6 is 11.8 Å². The Hall–Kier alpha value is -1.62. The van der Waals surface area contributed by atoms with Crippen LogP contribution in [-0.2, 0) is 0 Å². The molecule has 0 aliphatic carbocycles. The molecule has 0 spiro atoms. The molecule has 0 fully saturated rings. The maximum absolute atomic E-state index is 11.6. The van der Waals surface area contributed by atoms with Crippen LogP contribution in [0.3, 0.4) is 0 Å². The van der Waals surface area contributed by atoms with Gasteiger partial charge in [-0.25, -0.2) is 4.98 Å². The SMILES string of the molecule is Cc1ccc(-c2nc3n(n2)C(=O)CCS3)cc1. The number of aryl methyl sites for hydroxylation is 1. The second-order valence-corrected chi connectivity index (χ2v) is 5.05. The molecule has 5 heteroatoms. The van der Waals surface area contributed by atoms with E-state index < -0.39 is 0 Å². The lowest BCUT2D eigenvalue weighted by atomic mass is 10.1. The highest BCUT2D eigenvalue weighted by atomic mass is 32.2. The largest absolute Gasteiger partial charge is 0.272 e. The van der Waals surface area contributed by atoms with Crippen LogP contribution in [0.25, 0.3) is 11.4 Å². The molecule has 86 valence electrons. The summed E-state index contributed by atoms with van der Waals surface area (Å²) >= 11 is 1.58. The van der Waals surface area contributed by atoms with Crippen LogP contribution in [-0.4, -0.2) is 26.4 Å². The van der Waals surface area contributed by atoms with Crippen LogP contribution in [0.2, 0.25) is 0 Å². The Morgan fingerprint density at radius 3 is 2.76 bits per heavy atom. The topological polar surface area (TPSA) is 47.8 Å². The number of carbonyl (C=O) groups excluding carboxylic acids is 1. The molecule has 0 saturated carbocycles. The van der Waals surface area contributed by atoms with E-state index in [1.165, 1.54) is 10.2 Å². The second-order valence-electron chi connectivity index (χ2n) is 3.99. The van der Waals surface area contributed by atoms with Crippen molar-refractivity contribution in [2.45, 2.75) is 18.5 Å². The highest BCUT2D eigenvalue weighted by molar-refractivity contribution is 7.99. The Labute approximate surface area is 103 Å². The molecule has 0 saturated heterocycles. The molecule has 4 nitrogen and oxygen atoms in total. The standard InChI is InChI=1S/C12H11N3OS/c1-8-2-4-9(5-3-8)11-13-12-15(14-11)10(16)6-7-17-12/h2-5H,6-7H2,1H3. The molecule has 3 rings (SSSR count). The molecule has 0 atom stereocenters. The number of thioether (sulfide) groups is 1. The third kappa shape index (κ3) is 1.86. The molecule has 0 unspecified atom stereocenters. The van der Waals surface area contributed by atoms with Crippen molar-refractivity contribution in [1.29, 1.82) is 0 Å². The second kappa shape index (κ2) is 4.00. The zero-order chi connectivity index (χ0) is 11.8. The minimum Gasteiger partial charge on any atom is -0.272 e. The van der Waals surface area contributed by atoms with Crippen molar-refractivity contribution in [2.75, 3.05) is 5.75 Å². The predicted molar refractivity (Wildman–Crippen MR) is 66.2 cm³/mol. The molecular formula is C12H11N3OS. The Morgan fingerprint density at radius 2 is 2.06 bits per heavy atom. The Kier molecular flexibility index (Phi) is 2.48. The molecule has 0 N–H and O–H groups in total. The van der Waals surface area contributed by atoms with E-state index in [9.17, 15) is 4.79 Å². The molecule has 2 aromatic rings. The summed E-state index contributed by atoms with van der Waals surface area (Å²) in [4.78, 5) is 16.0. The van der Waals surface area contributed by atoms with Crippen molar-refractivity contribution in [1.82, 2.24) is 14.8 Å². The number of fused-ring (bicyclic) bond motifs is 1. The lowest BCUT2D eigenvalue weighted by Gasteiger charge is -2.07. The van der Waals surface area contributed by atoms with Gasteiger partial charge in [-0.3, -0.25) is 4.79 Å². The van der Waals surface area contributed by atoms with Crippen molar-refractivity contribution in [3.8, 4) is 11.4 Å². The number of hydrogen-bond donors (Lipinski definition) is 0. The minimum absolute atomic E-state index is 0.0320. The summed E-state index contributed by atoms with van der Waals surface area (Å²) in [7, 11) is 0. The van der Waals surface area contributed by atoms with Gasteiger partial charge in [0.25, 0.3) is 0 Å². The summed E-state index contributed by atoms with van der Waals surface area (Å²) in [6, 6.07) is 7.99. The molecule has 1 aromatic heterocycles. The van der Waals surface area contributed by atoms with Crippen LogP contribution < -0.4 is 0 Å². The van der Waals surface area contributed by atoms with Gasteiger partial charge in [0.15, 0.2) is 11.0 Å². The van der Waals surface area contributed by atoms with E-state index in [0.717, 1.165) is 11.3 Å². The van der Waals surface area contributed by atoms with Gasteiger partial charge in [0, 0.05) is 17.7 Å². The highest BCUT2D eigenvalue weighted by Crippen LogP contribution is 2.25. The van der Waals surface area contributed by atoms with Crippen molar-refractivity contribution < 1.29 is 4.79 Å². The molecule has 0 radical (unpaired) electrons. The molecule has 17 heavy (non-hydrogen) atoms.